The Hall–Kier alpha value is -1.78. The molecule has 3 N–H and O–H groups in total. The second-order valence-electron chi connectivity index (χ2n) is 2.50. The Labute approximate surface area is 68.2 Å². The minimum atomic E-state index is -0.256. The van der Waals surface area contributed by atoms with Crippen LogP contribution in [0.1, 0.15) is 10.5 Å². The number of aromatic amines is 1. The largest absolute Gasteiger partial charge is 0.355 e. The van der Waals surface area contributed by atoms with Gasteiger partial charge in [-0.3, -0.25) is 9.59 Å². The minimum absolute atomic E-state index is 0.0291. The van der Waals surface area contributed by atoms with Gasteiger partial charge in [-0.25, -0.2) is 0 Å². The van der Waals surface area contributed by atoms with E-state index >= 15 is 0 Å². The first-order chi connectivity index (χ1) is 5.77. The fraction of sp³-hybridized carbons (Fsp3) is 0.143. The van der Waals surface area contributed by atoms with Crippen molar-refractivity contribution < 1.29 is 9.59 Å². The first kappa shape index (κ1) is 6.90. The number of hydrogen-bond acceptors (Lipinski definition) is 2. The number of fused-ring (bicyclic) bond motifs is 1. The number of carbonyl (C=O) groups is 2. The summed E-state index contributed by atoms with van der Waals surface area (Å²) in [7, 11) is 0. The summed E-state index contributed by atoms with van der Waals surface area (Å²) in [5.74, 6) is -0.463. The normalized spacial score (nSPS) is 16.0. The molecule has 0 atom stereocenters. The molecule has 0 saturated heterocycles. The molecule has 0 radical (unpaired) electrons. The van der Waals surface area contributed by atoms with Crippen molar-refractivity contribution in [2.45, 2.75) is 0 Å². The summed E-state index contributed by atoms with van der Waals surface area (Å²) in [5.41, 5.74) is 0.941. The second-order valence-corrected chi connectivity index (χ2v) is 2.50. The lowest BCUT2D eigenvalue weighted by atomic mass is 10.3. The molecule has 2 rings (SSSR count). The Balaban J connectivity index is 2.45. The van der Waals surface area contributed by atoms with Crippen molar-refractivity contribution in [2.24, 2.45) is 0 Å². The van der Waals surface area contributed by atoms with Crippen LogP contribution in [-0.2, 0) is 4.79 Å². The van der Waals surface area contributed by atoms with Crippen LogP contribution >= 0.6 is 0 Å². The molecular formula is C7H7N3O2. The van der Waals surface area contributed by atoms with E-state index in [9.17, 15) is 9.59 Å². The maximum Gasteiger partial charge on any atom is 0.270 e. The van der Waals surface area contributed by atoms with Gasteiger partial charge in [0.1, 0.15) is 5.69 Å². The topological polar surface area (TPSA) is 74.0 Å². The van der Waals surface area contributed by atoms with Crippen LogP contribution in [0, 0.1) is 0 Å². The van der Waals surface area contributed by atoms with Crippen molar-refractivity contribution >= 4 is 17.5 Å². The molecule has 62 valence electrons. The maximum absolute atomic E-state index is 11.2. The lowest BCUT2D eigenvalue weighted by Gasteiger charge is -1.95. The number of nitrogens with one attached hydrogen (secondary N) is 3. The third-order valence-corrected chi connectivity index (χ3v) is 1.66. The number of H-pyrrole nitrogens is 1. The molecular weight excluding hydrogens is 158 g/mol. The average Bonchev–Trinajstić information content (AvgIpc) is 2.44. The van der Waals surface area contributed by atoms with Gasteiger partial charge in [0.2, 0.25) is 5.91 Å². The lowest BCUT2D eigenvalue weighted by Crippen LogP contribution is -2.28. The maximum atomic E-state index is 11.2. The summed E-state index contributed by atoms with van der Waals surface area (Å²) in [5, 5.41) is 5.03. The van der Waals surface area contributed by atoms with E-state index in [2.05, 4.69) is 15.6 Å². The Bertz CT molecular complexity index is 342. The van der Waals surface area contributed by atoms with Crippen LogP contribution in [0.2, 0.25) is 0 Å². The predicted octanol–water partition coefficient (Wildman–Crippen LogP) is -0.303. The van der Waals surface area contributed by atoms with E-state index in [0.717, 1.165) is 0 Å². The Morgan fingerprint density at radius 3 is 3.00 bits per heavy atom. The molecule has 1 aromatic heterocycles. The summed E-state index contributed by atoms with van der Waals surface area (Å²) < 4.78 is 0. The zero-order valence-electron chi connectivity index (χ0n) is 6.18. The van der Waals surface area contributed by atoms with Gasteiger partial charge < -0.3 is 15.6 Å². The fourth-order valence-corrected chi connectivity index (χ4v) is 1.10. The van der Waals surface area contributed by atoms with Gasteiger partial charge >= 0.3 is 0 Å². The van der Waals surface area contributed by atoms with Gasteiger partial charge in [-0.05, 0) is 6.07 Å². The molecule has 0 aromatic carbocycles. The van der Waals surface area contributed by atoms with E-state index in [4.69, 9.17) is 0 Å². The molecule has 5 nitrogen and oxygen atoms in total. The Morgan fingerprint density at radius 2 is 2.17 bits per heavy atom. The van der Waals surface area contributed by atoms with Gasteiger partial charge in [0, 0.05) is 6.20 Å². The molecule has 0 fully saturated rings. The summed E-state index contributed by atoms with van der Waals surface area (Å²) in [6, 6.07) is 1.65. The van der Waals surface area contributed by atoms with Crippen molar-refractivity contribution in [3.05, 3.63) is 18.0 Å². The van der Waals surface area contributed by atoms with Gasteiger partial charge in [-0.2, -0.15) is 0 Å². The molecule has 0 aliphatic carbocycles. The van der Waals surface area contributed by atoms with Crippen molar-refractivity contribution in [1.82, 2.24) is 10.3 Å². The lowest BCUT2D eigenvalue weighted by molar-refractivity contribution is -0.115. The van der Waals surface area contributed by atoms with E-state index in [-0.39, 0.29) is 18.4 Å². The van der Waals surface area contributed by atoms with Gasteiger partial charge in [0.25, 0.3) is 5.91 Å². The quantitative estimate of drug-likeness (QED) is 0.493. The monoisotopic (exact) mass is 165 g/mol. The molecule has 1 aliphatic heterocycles. The second kappa shape index (κ2) is 2.37. The smallest absolute Gasteiger partial charge is 0.270 e. The zero-order valence-corrected chi connectivity index (χ0v) is 6.18. The third-order valence-electron chi connectivity index (χ3n) is 1.66. The predicted molar refractivity (Wildman–Crippen MR) is 41.8 cm³/mol. The molecule has 1 aromatic rings. The number of carbonyl (C=O) groups excluding carboxylic acids is 2. The molecule has 1 aliphatic rings. The van der Waals surface area contributed by atoms with E-state index in [0.29, 0.717) is 11.4 Å². The van der Waals surface area contributed by atoms with Gasteiger partial charge in [0.05, 0.1) is 12.2 Å². The van der Waals surface area contributed by atoms with Crippen LogP contribution in [-0.4, -0.2) is 23.3 Å². The zero-order chi connectivity index (χ0) is 8.55. The van der Waals surface area contributed by atoms with Crippen LogP contribution < -0.4 is 10.6 Å². The highest BCUT2D eigenvalue weighted by Gasteiger charge is 2.18. The van der Waals surface area contributed by atoms with E-state index < -0.39 is 0 Å². The van der Waals surface area contributed by atoms with Gasteiger partial charge in [-0.15, -0.1) is 0 Å². The van der Waals surface area contributed by atoms with E-state index in [1.807, 2.05) is 0 Å². The summed E-state index contributed by atoms with van der Waals surface area (Å²) in [6.07, 6.45) is 1.61. The summed E-state index contributed by atoms with van der Waals surface area (Å²) in [4.78, 5) is 24.9. The Morgan fingerprint density at radius 1 is 1.33 bits per heavy atom. The number of amides is 2. The molecule has 0 spiro atoms. The summed E-state index contributed by atoms with van der Waals surface area (Å²) >= 11 is 0. The summed E-state index contributed by atoms with van der Waals surface area (Å²) in [6.45, 7) is 0.0291. The van der Waals surface area contributed by atoms with Gasteiger partial charge in [-0.1, -0.05) is 0 Å². The highest BCUT2D eigenvalue weighted by Crippen LogP contribution is 2.14. The molecule has 2 amide bonds. The van der Waals surface area contributed by atoms with Crippen molar-refractivity contribution in [1.29, 1.82) is 0 Å². The van der Waals surface area contributed by atoms with Crippen LogP contribution in [0.25, 0.3) is 0 Å². The third kappa shape index (κ3) is 0.952. The van der Waals surface area contributed by atoms with Crippen molar-refractivity contribution in [2.75, 3.05) is 11.9 Å². The molecule has 12 heavy (non-hydrogen) atoms. The number of anilines is 1. The number of hydrogen-bond donors (Lipinski definition) is 3. The first-order valence-electron chi connectivity index (χ1n) is 3.53. The SMILES string of the molecule is O=C1CNC(=O)c2[nH]ccc2N1. The molecule has 0 saturated carbocycles. The molecule has 0 bridgehead atoms. The van der Waals surface area contributed by atoms with Crippen LogP contribution in [0.3, 0.4) is 0 Å². The van der Waals surface area contributed by atoms with Crippen LogP contribution in [0.15, 0.2) is 12.3 Å². The molecule has 0 unspecified atom stereocenters. The minimum Gasteiger partial charge on any atom is -0.355 e. The fourth-order valence-electron chi connectivity index (χ4n) is 1.10. The highest BCUT2D eigenvalue weighted by molar-refractivity contribution is 6.07. The highest BCUT2D eigenvalue weighted by atomic mass is 16.2. The van der Waals surface area contributed by atoms with Crippen molar-refractivity contribution in [3.8, 4) is 0 Å². The van der Waals surface area contributed by atoms with Gasteiger partial charge in [0.15, 0.2) is 0 Å². The van der Waals surface area contributed by atoms with E-state index in [1.165, 1.54) is 0 Å². The van der Waals surface area contributed by atoms with E-state index in [1.54, 1.807) is 12.3 Å². The number of aromatic nitrogens is 1. The average molecular weight is 165 g/mol. The Kier molecular flexibility index (Phi) is 1.36. The van der Waals surface area contributed by atoms with Crippen LogP contribution in [0.5, 0.6) is 0 Å². The molecule has 5 heteroatoms. The number of rotatable bonds is 0. The first-order valence-corrected chi connectivity index (χ1v) is 3.53. The van der Waals surface area contributed by atoms with Crippen molar-refractivity contribution in [3.63, 3.8) is 0 Å². The standard InChI is InChI=1S/C7H7N3O2/c11-5-3-9-7(12)6-4(10-5)1-2-8-6/h1-2,8H,3H2,(H,9,12)(H,10,11). The van der Waals surface area contributed by atoms with Crippen LogP contribution in [0.4, 0.5) is 5.69 Å². The molecule has 2 heterocycles.